The molecule has 2 fully saturated rings. The van der Waals surface area contributed by atoms with E-state index in [0.29, 0.717) is 31.9 Å². The van der Waals surface area contributed by atoms with Crippen molar-refractivity contribution in [3.8, 4) is 23.0 Å². The van der Waals surface area contributed by atoms with E-state index in [-0.39, 0.29) is 24.0 Å². The lowest BCUT2D eigenvalue weighted by Crippen LogP contribution is -2.49. The summed E-state index contributed by atoms with van der Waals surface area (Å²) in [6.45, 7) is 29.1. The fraction of sp³-hybridized carbons (Fsp3) is 0.659. The van der Waals surface area contributed by atoms with Gasteiger partial charge in [0.15, 0.2) is 0 Å². The van der Waals surface area contributed by atoms with Gasteiger partial charge in [0.05, 0.1) is 20.3 Å². The van der Waals surface area contributed by atoms with E-state index < -0.39 is 11.2 Å². The maximum atomic E-state index is 12.2. The van der Waals surface area contributed by atoms with Crippen molar-refractivity contribution >= 4 is 12.2 Å². The maximum Gasteiger partial charge on any atom is 0.410 e. The Balaban J connectivity index is 0.000000335. The Morgan fingerprint density at radius 3 is 1.38 bits per heavy atom. The van der Waals surface area contributed by atoms with Crippen LogP contribution in [0.4, 0.5) is 9.59 Å². The number of carbonyl (C=O) groups excluding carboxylic acids is 2. The van der Waals surface area contributed by atoms with Gasteiger partial charge in [-0.05, 0) is 73.4 Å². The molecule has 2 aromatic carbocycles. The molecule has 0 aromatic heterocycles. The van der Waals surface area contributed by atoms with Crippen LogP contribution in [0.25, 0.3) is 0 Å². The van der Waals surface area contributed by atoms with Crippen LogP contribution < -0.4 is 14.2 Å². The molecular weight excluding hydrogens is 676 g/mol. The fourth-order valence-electron chi connectivity index (χ4n) is 5.38. The number of nitrogens with zero attached hydrogens (tertiary/aromatic N) is 4. The summed E-state index contributed by atoms with van der Waals surface area (Å²) < 4.78 is 27.4. The quantitative estimate of drug-likeness (QED) is 0.289. The van der Waals surface area contributed by atoms with Gasteiger partial charge in [0.1, 0.15) is 34.2 Å². The number of hydrogen-bond donors (Lipinski definition) is 1. The van der Waals surface area contributed by atoms with Gasteiger partial charge in [-0.15, -0.1) is 0 Å². The molecule has 1 N–H and O–H groups in total. The molecule has 0 spiro atoms. The number of phenols is 1. The molecule has 300 valence electrons. The zero-order valence-electron chi connectivity index (χ0n) is 34.8. The van der Waals surface area contributed by atoms with Crippen LogP contribution >= 0.6 is 0 Å². The summed E-state index contributed by atoms with van der Waals surface area (Å²) in [5.74, 6) is 3.35. The number of piperazine rings is 2. The molecule has 2 amide bonds. The van der Waals surface area contributed by atoms with E-state index in [1.807, 2.05) is 73.6 Å². The summed E-state index contributed by atoms with van der Waals surface area (Å²) in [7, 11) is 3.27. The first-order valence-electron chi connectivity index (χ1n) is 18.8. The minimum atomic E-state index is -0.465. The first-order chi connectivity index (χ1) is 24.7. The molecule has 0 bridgehead atoms. The first-order valence-corrected chi connectivity index (χ1v) is 18.8. The third-order valence-corrected chi connectivity index (χ3v) is 7.74. The predicted molar refractivity (Wildman–Crippen MR) is 210 cm³/mol. The number of phenolic OH excluding ortho intramolecular Hbond substituents is 1. The summed E-state index contributed by atoms with van der Waals surface area (Å²) in [5, 5.41) is 9.51. The third-order valence-electron chi connectivity index (χ3n) is 7.74. The average Bonchev–Trinajstić information content (AvgIpc) is 3.05. The highest BCUT2D eigenvalue weighted by Crippen LogP contribution is 2.28. The Labute approximate surface area is 319 Å². The fourth-order valence-corrected chi connectivity index (χ4v) is 5.38. The van der Waals surface area contributed by atoms with Crippen LogP contribution in [0.2, 0.25) is 0 Å². The van der Waals surface area contributed by atoms with Crippen molar-refractivity contribution in [1.29, 1.82) is 0 Å². The predicted octanol–water partition coefficient (Wildman–Crippen LogP) is 7.65. The molecule has 2 heterocycles. The Morgan fingerprint density at radius 2 is 1.02 bits per heavy atom. The smallest absolute Gasteiger partial charge is 0.410 e. The topological polar surface area (TPSA) is 113 Å². The minimum Gasteiger partial charge on any atom is -0.508 e. The minimum absolute atomic E-state index is 0.131. The summed E-state index contributed by atoms with van der Waals surface area (Å²) in [4.78, 5) is 32.3. The lowest BCUT2D eigenvalue weighted by molar-refractivity contribution is 0.0129. The first kappa shape index (κ1) is 45.3. The van der Waals surface area contributed by atoms with E-state index >= 15 is 0 Å². The van der Waals surface area contributed by atoms with E-state index in [4.69, 9.17) is 23.7 Å². The van der Waals surface area contributed by atoms with Gasteiger partial charge >= 0.3 is 12.2 Å². The van der Waals surface area contributed by atoms with E-state index in [0.717, 1.165) is 67.8 Å². The largest absolute Gasteiger partial charge is 0.508 e. The third kappa shape index (κ3) is 17.7. The van der Waals surface area contributed by atoms with Crippen LogP contribution in [0.5, 0.6) is 23.0 Å². The Hall–Kier alpha value is -3.90. The molecule has 0 unspecified atom stereocenters. The molecule has 0 aliphatic carbocycles. The molecule has 12 nitrogen and oxygen atoms in total. The molecule has 4 rings (SSSR count). The molecular formula is C41H68N4O8. The zero-order chi connectivity index (χ0) is 39.9. The van der Waals surface area contributed by atoms with Crippen molar-refractivity contribution in [2.75, 3.05) is 66.6 Å². The second-order valence-corrected chi connectivity index (χ2v) is 16.4. The number of amides is 2. The second-order valence-electron chi connectivity index (χ2n) is 16.4. The Kier molecular flexibility index (Phi) is 18.0. The van der Waals surface area contributed by atoms with Crippen LogP contribution in [-0.2, 0) is 22.6 Å². The number of aromatic hydroxyl groups is 1. The van der Waals surface area contributed by atoms with Crippen LogP contribution in [0.15, 0.2) is 36.4 Å². The Morgan fingerprint density at radius 1 is 0.642 bits per heavy atom. The van der Waals surface area contributed by atoms with E-state index in [9.17, 15) is 14.7 Å². The van der Waals surface area contributed by atoms with Gasteiger partial charge in [-0.1, -0.05) is 32.9 Å². The molecule has 0 radical (unpaired) electrons. The average molecular weight is 745 g/mol. The van der Waals surface area contributed by atoms with Crippen molar-refractivity contribution in [3.05, 3.63) is 47.5 Å². The highest BCUT2D eigenvalue weighted by atomic mass is 16.6. The van der Waals surface area contributed by atoms with Crippen molar-refractivity contribution in [2.45, 2.75) is 107 Å². The lowest BCUT2D eigenvalue weighted by atomic mass is 10.1. The molecule has 2 saturated heterocycles. The summed E-state index contributed by atoms with van der Waals surface area (Å²) in [6, 6.07) is 11.1. The molecule has 0 atom stereocenters. The molecule has 2 aromatic rings. The highest BCUT2D eigenvalue weighted by Gasteiger charge is 2.27. The number of ether oxygens (including phenoxy) is 5. The normalized spacial score (nSPS) is 15.5. The number of carbonyl (C=O) groups is 2. The van der Waals surface area contributed by atoms with Gasteiger partial charge < -0.3 is 38.6 Å². The number of rotatable bonds is 8. The highest BCUT2D eigenvalue weighted by molar-refractivity contribution is 5.68. The summed E-state index contributed by atoms with van der Waals surface area (Å²) in [5.41, 5.74) is 1.22. The molecule has 2 aliphatic rings. The van der Waals surface area contributed by atoms with Crippen LogP contribution in [0, 0.1) is 5.92 Å². The van der Waals surface area contributed by atoms with Gasteiger partial charge in [0, 0.05) is 88.7 Å². The number of hydrogen-bond acceptors (Lipinski definition) is 10. The Bertz CT molecular complexity index is 1400. The van der Waals surface area contributed by atoms with Crippen molar-refractivity contribution in [1.82, 2.24) is 19.6 Å². The SMILES string of the molecule is CC(C)C.COc1cc(O)ccc1CN1CCN(C(=O)OC(C)(C)C)CC1.COc1cc(OC(C)C)ccc1CN1CCN(C(=O)OC(C)(C)C)CC1. The molecule has 2 aliphatic heterocycles. The van der Waals surface area contributed by atoms with E-state index in [1.54, 1.807) is 36.2 Å². The van der Waals surface area contributed by atoms with Crippen LogP contribution in [0.3, 0.4) is 0 Å². The number of benzene rings is 2. The second kappa shape index (κ2) is 21.1. The maximum absolute atomic E-state index is 12.2. The van der Waals surface area contributed by atoms with Gasteiger partial charge in [0.2, 0.25) is 0 Å². The van der Waals surface area contributed by atoms with E-state index in [2.05, 4.69) is 36.6 Å². The summed E-state index contributed by atoms with van der Waals surface area (Å²) in [6.07, 6.45) is -0.351. The molecule has 0 saturated carbocycles. The number of methoxy groups -OCH3 is 2. The lowest BCUT2D eigenvalue weighted by Gasteiger charge is -2.35. The zero-order valence-corrected chi connectivity index (χ0v) is 34.8. The van der Waals surface area contributed by atoms with Crippen molar-refractivity contribution in [3.63, 3.8) is 0 Å². The monoisotopic (exact) mass is 745 g/mol. The van der Waals surface area contributed by atoms with Crippen LogP contribution in [0.1, 0.15) is 87.3 Å². The van der Waals surface area contributed by atoms with Gasteiger partial charge in [-0.3, -0.25) is 9.80 Å². The van der Waals surface area contributed by atoms with Crippen LogP contribution in [-0.4, -0.2) is 121 Å². The molecule has 53 heavy (non-hydrogen) atoms. The van der Waals surface area contributed by atoms with E-state index in [1.165, 1.54) is 0 Å². The summed E-state index contributed by atoms with van der Waals surface area (Å²) >= 11 is 0. The standard InChI is InChI=1S/C20H32N2O4.C17H26N2O4.C4H10/c1-15(2)25-17-8-7-16(18(13-17)24-6)14-21-9-11-22(12-10-21)19(23)26-20(3,4)5;1-17(2,3)23-16(21)19-9-7-18(8-10-19)12-13-5-6-14(20)11-15(13)22-4;1-4(2)3/h7-8,13,15H,9-12,14H2,1-6H3;5-6,11,20H,7-10,12H2,1-4H3;4H,1-3H3. The van der Waals surface area contributed by atoms with Gasteiger partial charge in [0.25, 0.3) is 0 Å². The van der Waals surface area contributed by atoms with Crippen molar-refractivity contribution < 1.29 is 38.4 Å². The van der Waals surface area contributed by atoms with Gasteiger partial charge in [-0.25, -0.2) is 9.59 Å². The molecule has 12 heteroatoms. The van der Waals surface area contributed by atoms with Gasteiger partial charge in [-0.2, -0.15) is 0 Å². The van der Waals surface area contributed by atoms with Crippen molar-refractivity contribution in [2.24, 2.45) is 5.92 Å².